The second-order valence-electron chi connectivity index (χ2n) is 6.39. The molecule has 2 rings (SSSR count). The first-order valence-corrected chi connectivity index (χ1v) is 11.4. The summed E-state index contributed by atoms with van der Waals surface area (Å²) < 4.78 is 50.7. The second-order valence-corrected chi connectivity index (χ2v) is 7.81. The average molecular weight is 457 g/mol. The van der Waals surface area contributed by atoms with E-state index in [1.54, 1.807) is 12.1 Å². The van der Waals surface area contributed by atoms with E-state index in [2.05, 4.69) is 0 Å². The Morgan fingerprint density at radius 2 is 1.19 bits per heavy atom. The van der Waals surface area contributed by atoms with Crippen molar-refractivity contribution in [2.45, 2.75) is 18.4 Å². The predicted molar refractivity (Wildman–Crippen MR) is 117 cm³/mol. The molecule has 0 saturated heterocycles. The number of rotatable bonds is 14. The van der Waals surface area contributed by atoms with Gasteiger partial charge in [-0.15, -0.1) is 0 Å². The molecule has 8 nitrogen and oxygen atoms in total. The van der Waals surface area contributed by atoms with Gasteiger partial charge in [-0.1, -0.05) is 48.0 Å². The second kappa shape index (κ2) is 16.8. The molecule has 0 aliphatic rings. The highest BCUT2D eigenvalue weighted by Crippen LogP contribution is 2.08. The average Bonchev–Trinajstić information content (AvgIpc) is 2.75. The van der Waals surface area contributed by atoms with Gasteiger partial charge in [0, 0.05) is 0 Å². The van der Waals surface area contributed by atoms with Crippen molar-refractivity contribution in [1.29, 1.82) is 0 Å². The number of aryl methyl sites for hydroxylation is 1. The van der Waals surface area contributed by atoms with Gasteiger partial charge < -0.3 is 24.1 Å². The van der Waals surface area contributed by atoms with E-state index in [-0.39, 0.29) is 11.5 Å². The van der Waals surface area contributed by atoms with Gasteiger partial charge in [0.15, 0.2) is 0 Å². The molecule has 31 heavy (non-hydrogen) atoms. The van der Waals surface area contributed by atoms with E-state index in [9.17, 15) is 8.42 Å². The van der Waals surface area contributed by atoms with Crippen molar-refractivity contribution in [2.24, 2.45) is 0 Å². The van der Waals surface area contributed by atoms with Gasteiger partial charge in [0.05, 0.1) is 64.4 Å². The van der Waals surface area contributed by atoms with Crippen LogP contribution in [-0.4, -0.2) is 70.9 Å². The van der Waals surface area contributed by atoms with Crippen molar-refractivity contribution in [3.05, 3.63) is 65.7 Å². The summed E-state index contributed by atoms with van der Waals surface area (Å²) in [5.74, 6) is 0. The number of aliphatic hydroxyl groups is 1. The predicted octanol–water partition coefficient (Wildman–Crippen LogP) is 2.49. The molecule has 9 heteroatoms. The Morgan fingerprint density at radius 1 is 0.710 bits per heavy atom. The Bertz CT molecular complexity index is 779. The zero-order chi connectivity index (χ0) is 22.8. The lowest BCUT2D eigenvalue weighted by atomic mass is 10.2. The topological polar surface area (TPSA) is 112 Å². The largest absolute Gasteiger partial charge is 0.394 e. The number of hydrogen-bond acceptors (Lipinski definition) is 7. The van der Waals surface area contributed by atoms with E-state index >= 15 is 0 Å². The minimum Gasteiger partial charge on any atom is -0.394 e. The van der Waals surface area contributed by atoms with E-state index in [4.69, 9.17) is 28.6 Å². The van der Waals surface area contributed by atoms with Crippen LogP contribution in [0.3, 0.4) is 0 Å². The van der Waals surface area contributed by atoms with Crippen molar-refractivity contribution < 1.29 is 37.0 Å². The zero-order valence-corrected chi connectivity index (χ0v) is 18.6. The number of benzene rings is 2. The highest BCUT2D eigenvalue weighted by Gasteiger charge is 2.06. The molecule has 0 aromatic heterocycles. The normalized spacial score (nSPS) is 11.1. The Morgan fingerprint density at radius 3 is 1.68 bits per heavy atom. The third-order valence-electron chi connectivity index (χ3n) is 3.78. The molecule has 174 valence electrons. The van der Waals surface area contributed by atoms with Crippen LogP contribution in [0, 0.1) is 6.92 Å². The van der Waals surface area contributed by atoms with Gasteiger partial charge in [-0.05, 0) is 24.6 Å². The molecule has 0 heterocycles. The highest BCUT2D eigenvalue weighted by atomic mass is 32.2. The van der Waals surface area contributed by atoms with Crippen LogP contribution in [0.4, 0.5) is 0 Å². The molecule has 2 N–H and O–H groups in total. The molecule has 0 spiro atoms. The first-order chi connectivity index (χ1) is 14.9. The maximum Gasteiger partial charge on any atom is 0.294 e. The highest BCUT2D eigenvalue weighted by molar-refractivity contribution is 7.85. The third kappa shape index (κ3) is 14.7. The monoisotopic (exact) mass is 456 g/mol. The van der Waals surface area contributed by atoms with Crippen LogP contribution in [0.5, 0.6) is 0 Å². The number of ether oxygens (including phenoxy) is 4. The van der Waals surface area contributed by atoms with Crippen LogP contribution in [0.2, 0.25) is 0 Å². The third-order valence-corrected chi connectivity index (χ3v) is 4.65. The maximum absolute atomic E-state index is 10.5. The molecular weight excluding hydrogens is 424 g/mol. The van der Waals surface area contributed by atoms with Gasteiger partial charge in [-0.3, -0.25) is 4.55 Å². The molecule has 0 aliphatic carbocycles. The number of hydrogen-bond donors (Lipinski definition) is 2. The summed E-state index contributed by atoms with van der Waals surface area (Å²) >= 11 is 0. The summed E-state index contributed by atoms with van der Waals surface area (Å²) in [6, 6.07) is 16.0. The van der Waals surface area contributed by atoms with Gasteiger partial charge in [-0.2, -0.15) is 8.42 Å². The molecule has 0 bridgehead atoms. The molecule has 0 unspecified atom stereocenters. The zero-order valence-electron chi connectivity index (χ0n) is 17.8. The molecule has 2 aromatic carbocycles. The van der Waals surface area contributed by atoms with Crippen LogP contribution < -0.4 is 0 Å². The van der Waals surface area contributed by atoms with E-state index < -0.39 is 10.1 Å². The fourth-order valence-electron chi connectivity index (χ4n) is 2.20. The summed E-state index contributed by atoms with van der Waals surface area (Å²) in [6.07, 6.45) is 0. The van der Waals surface area contributed by atoms with Crippen molar-refractivity contribution >= 4 is 10.1 Å². The van der Waals surface area contributed by atoms with Crippen LogP contribution in [0.25, 0.3) is 0 Å². The molecule has 0 aliphatic heterocycles. The smallest absolute Gasteiger partial charge is 0.294 e. The van der Waals surface area contributed by atoms with Gasteiger partial charge in [0.25, 0.3) is 10.1 Å². The standard InChI is InChI=1S/C15H24O5.C7H8O3S/c16-6-7-17-8-9-18-10-11-19-12-13-20-14-15-4-2-1-3-5-15;1-6-2-4-7(5-3-6)11(8,9)10/h1-5,16H,6-14H2;2-5H,1H3,(H,8,9,10). The van der Waals surface area contributed by atoms with Crippen LogP contribution in [0.1, 0.15) is 11.1 Å². The lowest BCUT2D eigenvalue weighted by molar-refractivity contribution is -0.00743. The molecule has 0 saturated carbocycles. The lowest BCUT2D eigenvalue weighted by Gasteiger charge is -2.07. The minimum atomic E-state index is -4.02. The van der Waals surface area contributed by atoms with Crippen molar-refractivity contribution in [3.63, 3.8) is 0 Å². The van der Waals surface area contributed by atoms with E-state index in [0.717, 1.165) is 5.56 Å². The first kappa shape index (κ1) is 27.2. The first-order valence-electron chi connectivity index (χ1n) is 9.93. The van der Waals surface area contributed by atoms with Gasteiger partial charge in [-0.25, -0.2) is 0 Å². The van der Waals surface area contributed by atoms with Gasteiger partial charge in [0.2, 0.25) is 0 Å². The SMILES string of the molecule is Cc1ccc(S(=O)(=O)O)cc1.OCCOCCOCCOCCOCc1ccccc1. The van der Waals surface area contributed by atoms with E-state index in [1.807, 2.05) is 37.3 Å². The fraction of sp³-hybridized carbons (Fsp3) is 0.455. The van der Waals surface area contributed by atoms with E-state index in [1.165, 1.54) is 17.7 Å². The summed E-state index contributed by atoms with van der Waals surface area (Å²) in [5.41, 5.74) is 2.12. The van der Waals surface area contributed by atoms with Crippen molar-refractivity contribution in [2.75, 3.05) is 52.9 Å². The van der Waals surface area contributed by atoms with E-state index in [0.29, 0.717) is 52.9 Å². The Labute approximate surface area is 184 Å². The Kier molecular flexibility index (Phi) is 14.7. The molecule has 0 amide bonds. The molecule has 0 radical (unpaired) electrons. The molecular formula is C22H32O8S. The van der Waals surface area contributed by atoms with Crippen molar-refractivity contribution in [3.8, 4) is 0 Å². The lowest BCUT2D eigenvalue weighted by Crippen LogP contribution is -2.12. The Balaban J connectivity index is 0.000000367. The molecule has 2 aromatic rings. The minimum absolute atomic E-state index is 0.0477. The van der Waals surface area contributed by atoms with Crippen LogP contribution in [-0.2, 0) is 35.7 Å². The van der Waals surface area contributed by atoms with Gasteiger partial charge in [0.1, 0.15) is 0 Å². The Hall–Kier alpha value is -1.85. The molecule has 0 atom stereocenters. The fourth-order valence-corrected chi connectivity index (χ4v) is 2.68. The summed E-state index contributed by atoms with van der Waals surface area (Å²) in [5, 5.41) is 8.48. The summed E-state index contributed by atoms with van der Waals surface area (Å²) in [7, 11) is -4.02. The van der Waals surface area contributed by atoms with Crippen LogP contribution in [0.15, 0.2) is 59.5 Å². The van der Waals surface area contributed by atoms with Crippen LogP contribution >= 0.6 is 0 Å². The summed E-state index contributed by atoms with van der Waals surface area (Å²) in [6.45, 7) is 6.12. The summed E-state index contributed by atoms with van der Waals surface area (Å²) in [4.78, 5) is -0.0666. The number of aliphatic hydroxyl groups excluding tert-OH is 1. The van der Waals surface area contributed by atoms with Gasteiger partial charge >= 0.3 is 0 Å². The van der Waals surface area contributed by atoms with Crippen molar-refractivity contribution in [1.82, 2.24) is 0 Å². The quantitative estimate of drug-likeness (QED) is 0.329. The molecule has 0 fully saturated rings. The maximum atomic E-state index is 10.5.